The zero-order valence-corrected chi connectivity index (χ0v) is 14.5. The monoisotopic (exact) mass is 371 g/mol. The molecule has 2 heterocycles. The Bertz CT molecular complexity index is 1240. The molecule has 0 saturated heterocycles. The molecule has 1 amide bonds. The van der Waals surface area contributed by atoms with Gasteiger partial charge >= 0.3 is 0 Å². The van der Waals surface area contributed by atoms with E-state index in [9.17, 15) is 9.18 Å². The van der Waals surface area contributed by atoms with Gasteiger partial charge in [-0.2, -0.15) is 0 Å². The molecule has 0 radical (unpaired) electrons. The lowest BCUT2D eigenvalue weighted by Gasteiger charge is -2.05. The average molecular weight is 371 g/mol. The highest BCUT2D eigenvalue weighted by Crippen LogP contribution is 2.20. The van der Waals surface area contributed by atoms with E-state index in [1.165, 1.54) is 30.6 Å². The van der Waals surface area contributed by atoms with Crippen LogP contribution >= 0.6 is 0 Å². The number of carbonyl (C=O) groups is 1. The van der Waals surface area contributed by atoms with Gasteiger partial charge < -0.3 is 16.0 Å². The molecular weight excluding hydrogens is 357 g/mol. The van der Waals surface area contributed by atoms with E-state index in [2.05, 4.69) is 32.1 Å². The first-order valence-corrected chi connectivity index (χ1v) is 8.37. The Kier molecular flexibility index (Phi) is 4.44. The maximum Gasteiger partial charge on any atom is 0.255 e. The summed E-state index contributed by atoms with van der Waals surface area (Å²) in [5.41, 5.74) is 8.88. The molecule has 4 rings (SSSR count). The molecule has 6 nitrogen and oxygen atoms in total. The molecule has 0 aliphatic carbocycles. The summed E-state index contributed by atoms with van der Waals surface area (Å²) in [6.07, 6.45) is 3.11. The molecule has 0 atom stereocenters. The molecule has 4 N–H and O–H groups in total. The highest BCUT2D eigenvalue weighted by Gasteiger charge is 2.08. The lowest BCUT2D eigenvalue weighted by molar-refractivity contribution is 0.102. The summed E-state index contributed by atoms with van der Waals surface area (Å²) in [5, 5.41) is 3.45. The Morgan fingerprint density at radius 3 is 2.75 bits per heavy atom. The fourth-order valence-corrected chi connectivity index (χ4v) is 2.70. The van der Waals surface area contributed by atoms with Crippen molar-refractivity contribution in [2.24, 2.45) is 0 Å². The number of hydrogen-bond donors (Lipinski definition) is 3. The minimum Gasteiger partial charge on any atom is -0.383 e. The van der Waals surface area contributed by atoms with Gasteiger partial charge in [-0.3, -0.25) is 4.79 Å². The van der Waals surface area contributed by atoms with Crippen LogP contribution in [0.4, 0.5) is 15.9 Å². The van der Waals surface area contributed by atoms with Gasteiger partial charge in [0.15, 0.2) is 0 Å². The second-order valence-electron chi connectivity index (χ2n) is 5.98. The summed E-state index contributed by atoms with van der Waals surface area (Å²) in [6.45, 7) is 0. The summed E-state index contributed by atoms with van der Waals surface area (Å²) >= 11 is 0. The molecule has 7 heteroatoms. The standard InChI is InChI=1S/C21H14FN5O/c22-16-8-6-14(7-9-16)21(28)27-17-3-1-2-13(10-17)4-5-15-11-24-20-18(15)19(23)25-12-26-20/h1-3,6-12H,(H,27,28)(H3,23,24,25,26). The van der Waals surface area contributed by atoms with Crippen LogP contribution in [0.1, 0.15) is 21.5 Å². The number of aromatic nitrogens is 3. The van der Waals surface area contributed by atoms with E-state index in [-0.39, 0.29) is 5.91 Å². The van der Waals surface area contributed by atoms with E-state index in [0.717, 1.165) is 0 Å². The number of benzene rings is 2. The summed E-state index contributed by atoms with van der Waals surface area (Å²) in [5.74, 6) is 5.73. The normalized spacial score (nSPS) is 10.3. The van der Waals surface area contributed by atoms with Crippen LogP contribution < -0.4 is 11.1 Å². The first-order chi connectivity index (χ1) is 13.6. The number of nitrogens with one attached hydrogen (secondary N) is 2. The van der Waals surface area contributed by atoms with Crippen molar-refractivity contribution in [1.29, 1.82) is 0 Å². The van der Waals surface area contributed by atoms with Crippen molar-refractivity contribution < 1.29 is 9.18 Å². The molecule has 2 aromatic carbocycles. The predicted octanol–water partition coefficient (Wildman–Crippen LogP) is 3.33. The molecule has 4 aromatic rings. The molecule has 0 fully saturated rings. The van der Waals surface area contributed by atoms with E-state index >= 15 is 0 Å². The Hall–Kier alpha value is -4.18. The van der Waals surface area contributed by atoms with Crippen LogP contribution in [0.5, 0.6) is 0 Å². The largest absolute Gasteiger partial charge is 0.383 e. The van der Waals surface area contributed by atoms with Gasteiger partial charge in [0.2, 0.25) is 0 Å². The minimum atomic E-state index is -0.392. The highest BCUT2D eigenvalue weighted by atomic mass is 19.1. The SMILES string of the molecule is Nc1ncnc2[nH]cc(C#Cc3cccc(NC(=O)c4ccc(F)cc4)c3)c12. The Balaban J connectivity index is 1.57. The summed E-state index contributed by atoms with van der Waals surface area (Å²) in [7, 11) is 0. The number of rotatable bonds is 2. The van der Waals surface area contributed by atoms with Gasteiger partial charge in [0, 0.05) is 23.0 Å². The fraction of sp³-hybridized carbons (Fsp3) is 0. The highest BCUT2D eigenvalue weighted by molar-refractivity contribution is 6.04. The van der Waals surface area contributed by atoms with Crippen molar-refractivity contribution >= 4 is 28.4 Å². The maximum atomic E-state index is 13.0. The third-order valence-electron chi connectivity index (χ3n) is 4.07. The third-order valence-corrected chi connectivity index (χ3v) is 4.07. The number of H-pyrrole nitrogens is 1. The molecule has 0 spiro atoms. The number of anilines is 2. The number of nitrogens with zero attached hydrogens (tertiary/aromatic N) is 2. The van der Waals surface area contributed by atoms with Crippen LogP contribution in [0.15, 0.2) is 61.1 Å². The minimum absolute atomic E-state index is 0.327. The molecular formula is C21H14FN5O. The second-order valence-corrected chi connectivity index (χ2v) is 5.98. The number of hydrogen-bond acceptors (Lipinski definition) is 4. The van der Waals surface area contributed by atoms with E-state index in [4.69, 9.17) is 5.73 Å². The van der Waals surface area contributed by atoms with E-state index in [1.54, 1.807) is 24.4 Å². The molecule has 0 aliphatic rings. The molecule has 0 bridgehead atoms. The Labute approximate surface area is 159 Å². The van der Waals surface area contributed by atoms with Crippen LogP contribution in [-0.2, 0) is 0 Å². The number of amides is 1. The molecule has 28 heavy (non-hydrogen) atoms. The quantitative estimate of drug-likeness (QED) is 0.471. The van der Waals surface area contributed by atoms with Crippen LogP contribution in [0.25, 0.3) is 11.0 Å². The number of nitrogen functional groups attached to an aromatic ring is 1. The van der Waals surface area contributed by atoms with Gasteiger partial charge in [-0.05, 0) is 42.5 Å². The van der Waals surface area contributed by atoms with Crippen molar-refractivity contribution in [3.05, 3.63) is 83.6 Å². The van der Waals surface area contributed by atoms with Crippen LogP contribution in [0.3, 0.4) is 0 Å². The zero-order chi connectivity index (χ0) is 19.5. The van der Waals surface area contributed by atoms with Gasteiger partial charge in [-0.25, -0.2) is 14.4 Å². The smallest absolute Gasteiger partial charge is 0.255 e. The van der Waals surface area contributed by atoms with Gasteiger partial charge in [0.05, 0.1) is 10.9 Å². The van der Waals surface area contributed by atoms with Crippen molar-refractivity contribution in [2.75, 3.05) is 11.1 Å². The van der Waals surface area contributed by atoms with Gasteiger partial charge in [0.1, 0.15) is 23.6 Å². The van der Waals surface area contributed by atoms with Crippen LogP contribution in [0.2, 0.25) is 0 Å². The molecule has 0 aliphatic heterocycles. The van der Waals surface area contributed by atoms with Crippen molar-refractivity contribution in [3.63, 3.8) is 0 Å². The van der Waals surface area contributed by atoms with Gasteiger partial charge in [0.25, 0.3) is 5.91 Å². The first-order valence-electron chi connectivity index (χ1n) is 8.37. The number of nitrogens with two attached hydrogens (primary N) is 1. The number of fused-ring (bicyclic) bond motifs is 1. The van der Waals surface area contributed by atoms with E-state index in [1.807, 2.05) is 6.07 Å². The van der Waals surface area contributed by atoms with Crippen molar-refractivity contribution in [1.82, 2.24) is 15.0 Å². The molecule has 2 aromatic heterocycles. The van der Waals surface area contributed by atoms with E-state index < -0.39 is 5.82 Å². The third kappa shape index (κ3) is 3.52. The maximum absolute atomic E-state index is 13.0. The van der Waals surface area contributed by atoms with Crippen LogP contribution in [-0.4, -0.2) is 20.9 Å². The van der Waals surface area contributed by atoms with Gasteiger partial charge in [-0.15, -0.1) is 0 Å². The van der Waals surface area contributed by atoms with E-state index in [0.29, 0.717) is 39.2 Å². The second kappa shape index (κ2) is 7.21. The number of aromatic amines is 1. The van der Waals surface area contributed by atoms with Crippen molar-refractivity contribution in [2.45, 2.75) is 0 Å². The topological polar surface area (TPSA) is 96.7 Å². The number of halogens is 1. The Morgan fingerprint density at radius 1 is 1.11 bits per heavy atom. The molecule has 136 valence electrons. The summed E-state index contributed by atoms with van der Waals surface area (Å²) in [4.78, 5) is 23.4. The number of carbonyl (C=O) groups excluding carboxylic acids is 1. The first kappa shape index (κ1) is 17.2. The van der Waals surface area contributed by atoms with Crippen LogP contribution in [0, 0.1) is 17.7 Å². The fourth-order valence-electron chi connectivity index (χ4n) is 2.70. The zero-order valence-electron chi connectivity index (χ0n) is 14.5. The lowest BCUT2D eigenvalue weighted by atomic mass is 10.1. The van der Waals surface area contributed by atoms with Gasteiger partial charge in [-0.1, -0.05) is 17.9 Å². The molecule has 0 unspecified atom stereocenters. The Morgan fingerprint density at radius 2 is 1.93 bits per heavy atom. The predicted molar refractivity (Wildman–Crippen MR) is 105 cm³/mol. The molecule has 0 saturated carbocycles. The summed E-state index contributed by atoms with van der Waals surface area (Å²) < 4.78 is 13.0. The van der Waals surface area contributed by atoms with Crippen molar-refractivity contribution in [3.8, 4) is 11.8 Å². The lowest BCUT2D eigenvalue weighted by Crippen LogP contribution is -2.11. The average Bonchev–Trinajstić information content (AvgIpc) is 3.12. The summed E-state index contributed by atoms with van der Waals surface area (Å²) in [6, 6.07) is 12.5.